The van der Waals surface area contributed by atoms with Crippen LogP contribution in [0, 0.1) is 25.7 Å². The third kappa shape index (κ3) is 8.65. The second kappa shape index (κ2) is 15.0. The number of rotatable bonds is 12. The maximum absolute atomic E-state index is 13.8. The standard InChI is InChI=1S/C33H50N4O3S/c1-9-31(38)34-21-29(27-13-10-24(6)11-14-27)26(8)33(39)37-18-16-36(17-19-37)30-15-12-25(7)20-28(30)32(22(2)3)35-41(40)23(4)5/h10-15,20,22-23,26,29,32,35H,9,16-19,21H2,1-8H3,(H,34,38)/t26-,29?,32?,41?/m0/s1. The molecule has 0 aliphatic carbocycles. The quantitative estimate of drug-likeness (QED) is 0.358. The number of benzene rings is 2. The maximum Gasteiger partial charge on any atom is 0.226 e. The van der Waals surface area contributed by atoms with Gasteiger partial charge in [-0.05, 0) is 50.8 Å². The molecule has 1 saturated heterocycles. The number of aryl methyl sites for hydroxylation is 2. The second-order valence-electron chi connectivity index (χ2n) is 12.0. The predicted molar refractivity (Wildman–Crippen MR) is 170 cm³/mol. The number of nitrogens with one attached hydrogen (secondary N) is 2. The lowest BCUT2D eigenvalue weighted by atomic mass is 9.85. The first-order valence-electron chi connectivity index (χ1n) is 15.1. The lowest BCUT2D eigenvalue weighted by molar-refractivity contribution is -0.136. The molecule has 3 unspecified atom stereocenters. The van der Waals surface area contributed by atoms with Crippen LogP contribution in [0.4, 0.5) is 5.69 Å². The molecule has 4 atom stereocenters. The van der Waals surface area contributed by atoms with Crippen LogP contribution in [0.5, 0.6) is 0 Å². The minimum absolute atomic E-state index is 0.00399. The van der Waals surface area contributed by atoms with Gasteiger partial charge in [-0.25, -0.2) is 8.93 Å². The van der Waals surface area contributed by atoms with Gasteiger partial charge >= 0.3 is 0 Å². The minimum Gasteiger partial charge on any atom is -0.368 e. The van der Waals surface area contributed by atoms with Gasteiger partial charge in [-0.15, -0.1) is 0 Å². The molecule has 2 aromatic rings. The average molecular weight is 583 g/mol. The highest BCUT2D eigenvalue weighted by Gasteiger charge is 2.32. The molecular weight excluding hydrogens is 532 g/mol. The van der Waals surface area contributed by atoms with Gasteiger partial charge in [-0.2, -0.15) is 0 Å². The normalized spacial score (nSPS) is 16.9. The van der Waals surface area contributed by atoms with Crippen molar-refractivity contribution in [2.45, 2.75) is 79.0 Å². The summed E-state index contributed by atoms with van der Waals surface area (Å²) in [5.41, 5.74) is 5.71. The lowest BCUT2D eigenvalue weighted by Crippen LogP contribution is -2.51. The van der Waals surface area contributed by atoms with Crippen molar-refractivity contribution < 1.29 is 13.8 Å². The van der Waals surface area contributed by atoms with E-state index in [-0.39, 0.29) is 40.9 Å². The Morgan fingerprint density at radius 2 is 1.51 bits per heavy atom. The molecule has 0 aromatic heterocycles. The van der Waals surface area contributed by atoms with Crippen LogP contribution in [-0.4, -0.2) is 58.9 Å². The van der Waals surface area contributed by atoms with Gasteiger partial charge in [0, 0.05) is 68.0 Å². The summed E-state index contributed by atoms with van der Waals surface area (Å²) >= 11 is 0. The van der Waals surface area contributed by atoms with Gasteiger partial charge in [-0.1, -0.05) is 75.2 Å². The molecule has 1 aliphatic heterocycles. The Kier molecular flexibility index (Phi) is 12.0. The summed E-state index contributed by atoms with van der Waals surface area (Å²) in [5.74, 6) is 0.0145. The third-order valence-corrected chi connectivity index (χ3v) is 9.47. The van der Waals surface area contributed by atoms with Gasteiger partial charge < -0.3 is 15.1 Å². The third-order valence-electron chi connectivity index (χ3n) is 8.13. The highest BCUT2D eigenvalue weighted by atomic mass is 32.2. The fourth-order valence-corrected chi connectivity index (χ4v) is 6.33. The molecule has 41 heavy (non-hydrogen) atoms. The van der Waals surface area contributed by atoms with Crippen molar-refractivity contribution in [3.63, 3.8) is 0 Å². The average Bonchev–Trinajstić information content (AvgIpc) is 2.95. The zero-order chi connectivity index (χ0) is 30.3. The largest absolute Gasteiger partial charge is 0.368 e. The monoisotopic (exact) mass is 582 g/mol. The highest BCUT2D eigenvalue weighted by molar-refractivity contribution is 7.83. The number of hydrogen-bond donors (Lipinski definition) is 2. The fraction of sp³-hybridized carbons (Fsp3) is 0.576. The van der Waals surface area contributed by atoms with Crippen molar-refractivity contribution >= 4 is 28.5 Å². The van der Waals surface area contributed by atoms with Crippen molar-refractivity contribution in [3.05, 3.63) is 64.7 Å². The summed E-state index contributed by atoms with van der Waals surface area (Å²) in [6.07, 6.45) is 0.423. The first-order chi connectivity index (χ1) is 19.4. The number of hydrogen-bond acceptors (Lipinski definition) is 4. The molecule has 3 rings (SSSR count). The molecule has 2 amide bonds. The van der Waals surface area contributed by atoms with Crippen LogP contribution >= 0.6 is 0 Å². The van der Waals surface area contributed by atoms with E-state index in [9.17, 15) is 13.8 Å². The first-order valence-corrected chi connectivity index (χ1v) is 16.3. The van der Waals surface area contributed by atoms with Gasteiger partial charge in [-0.3, -0.25) is 9.59 Å². The summed E-state index contributed by atoms with van der Waals surface area (Å²) < 4.78 is 16.2. The molecule has 1 fully saturated rings. The summed E-state index contributed by atoms with van der Waals surface area (Å²) in [6, 6.07) is 14.7. The molecule has 0 spiro atoms. The molecule has 8 heteroatoms. The van der Waals surface area contributed by atoms with Crippen molar-refractivity contribution in [2.75, 3.05) is 37.6 Å². The topological polar surface area (TPSA) is 81.8 Å². The van der Waals surface area contributed by atoms with E-state index in [1.165, 1.54) is 11.1 Å². The Labute approximate surface area is 250 Å². The van der Waals surface area contributed by atoms with Crippen LogP contribution in [0.1, 0.15) is 82.2 Å². The van der Waals surface area contributed by atoms with E-state index in [1.807, 2.05) is 39.5 Å². The molecule has 0 bridgehead atoms. The minimum atomic E-state index is -1.14. The summed E-state index contributed by atoms with van der Waals surface area (Å²) in [7, 11) is -1.14. The van der Waals surface area contributed by atoms with E-state index < -0.39 is 11.0 Å². The van der Waals surface area contributed by atoms with E-state index >= 15 is 0 Å². The summed E-state index contributed by atoms with van der Waals surface area (Å²) in [6.45, 7) is 19.4. The summed E-state index contributed by atoms with van der Waals surface area (Å²) in [5, 5.41) is 3.05. The molecule has 1 aliphatic rings. The van der Waals surface area contributed by atoms with E-state index in [0.29, 0.717) is 26.1 Å². The van der Waals surface area contributed by atoms with Crippen LogP contribution in [0.15, 0.2) is 42.5 Å². The zero-order valence-electron chi connectivity index (χ0n) is 26.2. The molecule has 0 radical (unpaired) electrons. The maximum atomic E-state index is 13.8. The van der Waals surface area contributed by atoms with Crippen molar-refractivity contribution in [1.82, 2.24) is 14.9 Å². The number of carbonyl (C=O) groups excluding carboxylic acids is 2. The van der Waals surface area contributed by atoms with Crippen molar-refractivity contribution in [2.24, 2.45) is 11.8 Å². The van der Waals surface area contributed by atoms with Crippen LogP contribution < -0.4 is 14.9 Å². The molecule has 226 valence electrons. The van der Waals surface area contributed by atoms with Gasteiger partial charge in [0.2, 0.25) is 11.8 Å². The van der Waals surface area contributed by atoms with Crippen LogP contribution in [-0.2, 0) is 20.6 Å². The second-order valence-corrected chi connectivity index (χ2v) is 13.8. The Bertz CT molecular complexity index is 1190. The molecule has 0 saturated carbocycles. The Morgan fingerprint density at radius 3 is 2.07 bits per heavy atom. The summed E-state index contributed by atoms with van der Waals surface area (Å²) in [4.78, 5) is 30.2. The van der Waals surface area contributed by atoms with Crippen LogP contribution in [0.25, 0.3) is 0 Å². The molecule has 2 N–H and O–H groups in total. The number of anilines is 1. The SMILES string of the molecule is CCC(=O)NCC(c1ccc(C)cc1)[C@H](C)C(=O)N1CCN(c2ccc(C)cc2C(NS(=O)C(C)C)C(C)C)CC1. The van der Waals surface area contributed by atoms with E-state index in [1.54, 1.807) is 0 Å². The van der Waals surface area contributed by atoms with Gasteiger partial charge in [0.1, 0.15) is 0 Å². The fourth-order valence-electron chi connectivity index (χ4n) is 5.40. The Balaban J connectivity index is 1.76. The van der Waals surface area contributed by atoms with Crippen LogP contribution in [0.2, 0.25) is 0 Å². The molecular formula is C33H50N4O3S. The molecule has 1 heterocycles. The Hall–Kier alpha value is -2.71. The Morgan fingerprint density at radius 1 is 0.902 bits per heavy atom. The van der Waals surface area contributed by atoms with Crippen LogP contribution in [0.3, 0.4) is 0 Å². The van der Waals surface area contributed by atoms with Crippen molar-refractivity contribution in [1.29, 1.82) is 0 Å². The number of carbonyl (C=O) groups is 2. The number of amides is 2. The number of nitrogens with zero attached hydrogens (tertiary/aromatic N) is 2. The number of piperazine rings is 1. The lowest BCUT2D eigenvalue weighted by Gasteiger charge is -2.40. The zero-order valence-corrected chi connectivity index (χ0v) is 27.0. The van der Waals surface area contributed by atoms with Gasteiger partial charge in [0.05, 0.1) is 11.0 Å². The van der Waals surface area contributed by atoms with Crippen molar-refractivity contribution in [3.8, 4) is 0 Å². The first kappa shape index (κ1) is 32.8. The smallest absolute Gasteiger partial charge is 0.226 e. The van der Waals surface area contributed by atoms with E-state index in [4.69, 9.17) is 0 Å². The molecule has 2 aromatic carbocycles. The highest BCUT2D eigenvalue weighted by Crippen LogP contribution is 2.34. The van der Waals surface area contributed by atoms with Gasteiger partial charge in [0.25, 0.3) is 0 Å². The van der Waals surface area contributed by atoms with E-state index in [0.717, 1.165) is 29.9 Å². The predicted octanol–water partition coefficient (Wildman–Crippen LogP) is 5.26. The molecule has 7 nitrogen and oxygen atoms in total. The van der Waals surface area contributed by atoms with Gasteiger partial charge in [0.15, 0.2) is 0 Å². The van der Waals surface area contributed by atoms with E-state index in [2.05, 4.69) is 78.2 Å².